The van der Waals surface area contributed by atoms with Crippen LogP contribution in [0.2, 0.25) is 0 Å². The van der Waals surface area contributed by atoms with E-state index in [0.717, 1.165) is 33.7 Å². The minimum absolute atomic E-state index is 0.0201. The van der Waals surface area contributed by atoms with E-state index >= 15 is 0 Å². The Morgan fingerprint density at radius 1 is 0.725 bits per heavy atom. The van der Waals surface area contributed by atoms with Gasteiger partial charge in [0, 0.05) is 38.8 Å². The van der Waals surface area contributed by atoms with Crippen LogP contribution in [0.4, 0.5) is 0 Å². The second-order valence-corrected chi connectivity index (χ2v) is 10.5. The van der Waals surface area contributed by atoms with Gasteiger partial charge in [-0.1, -0.05) is 84.9 Å². The molecule has 0 bridgehead atoms. The van der Waals surface area contributed by atoms with Crippen molar-refractivity contribution >= 4 is 79.0 Å². The maximum Gasteiger partial charge on any atom is 0.256 e. The molecule has 0 spiro atoms. The van der Waals surface area contributed by atoms with E-state index in [1.165, 1.54) is 43.5 Å². The minimum Gasteiger partial charge on any atom is -0.295 e. The Kier molecular flexibility index (Phi) is 4.16. The molecule has 0 unspecified atom stereocenters. The summed E-state index contributed by atoms with van der Waals surface area (Å²) in [4.78, 5) is 14.7. The van der Waals surface area contributed by atoms with E-state index in [2.05, 4.69) is 106 Å². The number of hydrogen-bond acceptors (Lipinski definition) is 3. The smallest absolute Gasteiger partial charge is 0.256 e. The summed E-state index contributed by atoms with van der Waals surface area (Å²) >= 11 is 0. The van der Waals surface area contributed by atoms with Gasteiger partial charge in [-0.05, 0) is 36.7 Å². The molecule has 5 heterocycles. The topological polar surface area (TPSA) is 48.0 Å². The third-order valence-corrected chi connectivity index (χ3v) is 8.53. The predicted octanol–water partition coefficient (Wildman–Crippen LogP) is 5.43. The van der Waals surface area contributed by atoms with Gasteiger partial charge < -0.3 is 0 Å². The van der Waals surface area contributed by atoms with Gasteiger partial charge in [-0.15, -0.1) is 0 Å². The molecule has 0 saturated carbocycles. The summed E-state index contributed by atoms with van der Waals surface area (Å²) in [5, 5.41) is 4.95. The van der Waals surface area contributed by atoms with E-state index in [0.29, 0.717) is 5.82 Å². The van der Waals surface area contributed by atoms with Crippen molar-refractivity contribution in [1.82, 2.24) is 19.1 Å². The molecule has 186 valence electrons. The SMILES string of the molecule is C=N/C=C(\C=C/C)c1nc2c3c(n1)-n1c4ccccc4c4cccc(c41)B3c1cccc3c4ccccc4n-2c13. The number of hydrogen-bond donors (Lipinski definition) is 0. The van der Waals surface area contributed by atoms with Crippen molar-refractivity contribution in [2.45, 2.75) is 6.92 Å². The van der Waals surface area contributed by atoms with Gasteiger partial charge >= 0.3 is 0 Å². The molecule has 4 aromatic carbocycles. The third kappa shape index (κ3) is 2.51. The molecule has 9 rings (SSSR count). The molecule has 0 saturated heterocycles. The van der Waals surface area contributed by atoms with Crippen LogP contribution in [0, 0.1) is 0 Å². The van der Waals surface area contributed by atoms with Crippen molar-refractivity contribution in [3.05, 3.63) is 109 Å². The lowest BCUT2D eigenvalue weighted by molar-refractivity contribution is 0.980. The average Bonchev–Trinajstić information content (AvgIpc) is 3.52. The molecule has 7 aromatic rings. The lowest BCUT2D eigenvalue weighted by atomic mass is 9.35. The predicted molar refractivity (Wildman–Crippen MR) is 168 cm³/mol. The van der Waals surface area contributed by atoms with Gasteiger partial charge in [0.1, 0.15) is 11.6 Å². The van der Waals surface area contributed by atoms with Crippen molar-refractivity contribution in [3.8, 4) is 11.6 Å². The first-order valence-electron chi connectivity index (χ1n) is 13.6. The Morgan fingerprint density at radius 3 is 1.77 bits per heavy atom. The van der Waals surface area contributed by atoms with Crippen LogP contribution >= 0.6 is 0 Å². The number of allylic oxidation sites excluding steroid dienone is 3. The highest BCUT2D eigenvalue weighted by molar-refractivity contribution is 7.00. The molecule has 2 aliphatic rings. The maximum atomic E-state index is 5.32. The lowest BCUT2D eigenvalue weighted by Crippen LogP contribution is -2.60. The summed E-state index contributed by atoms with van der Waals surface area (Å²) < 4.78 is 4.71. The van der Waals surface area contributed by atoms with Crippen LogP contribution in [0.3, 0.4) is 0 Å². The quantitative estimate of drug-likeness (QED) is 0.180. The summed E-state index contributed by atoms with van der Waals surface area (Å²) in [6, 6.07) is 30.7. The van der Waals surface area contributed by atoms with E-state index in [9.17, 15) is 0 Å². The highest BCUT2D eigenvalue weighted by Gasteiger charge is 2.42. The first kappa shape index (κ1) is 21.7. The average molecular weight is 511 g/mol. The molecule has 2 aliphatic heterocycles. The number of para-hydroxylation sites is 4. The Morgan fingerprint density at radius 2 is 1.25 bits per heavy atom. The largest absolute Gasteiger partial charge is 0.295 e. The molecule has 3 aromatic heterocycles. The zero-order valence-electron chi connectivity index (χ0n) is 21.8. The highest BCUT2D eigenvalue weighted by Crippen LogP contribution is 2.38. The van der Waals surface area contributed by atoms with E-state index < -0.39 is 0 Å². The molecular weight excluding hydrogens is 489 g/mol. The van der Waals surface area contributed by atoms with E-state index in [1.807, 2.05) is 19.1 Å². The number of fused-ring (bicyclic) bond motifs is 10. The Labute approximate surface area is 230 Å². The summed E-state index contributed by atoms with van der Waals surface area (Å²) in [7, 11) is 0. The fraction of sp³-hybridized carbons (Fsp3) is 0.0294. The van der Waals surface area contributed by atoms with E-state index in [1.54, 1.807) is 6.20 Å². The summed E-state index contributed by atoms with van der Waals surface area (Å²) in [6.07, 6.45) is 5.73. The Hall–Kier alpha value is -5.23. The van der Waals surface area contributed by atoms with Crippen LogP contribution in [-0.2, 0) is 0 Å². The van der Waals surface area contributed by atoms with E-state index in [4.69, 9.17) is 9.97 Å². The van der Waals surface area contributed by atoms with Crippen molar-refractivity contribution in [2.24, 2.45) is 4.99 Å². The molecular formula is C34H22BN5. The van der Waals surface area contributed by atoms with Gasteiger partial charge in [0.2, 0.25) is 0 Å². The fourth-order valence-electron chi connectivity index (χ4n) is 7.10. The number of benzene rings is 4. The van der Waals surface area contributed by atoms with Crippen LogP contribution in [0.25, 0.3) is 60.8 Å². The van der Waals surface area contributed by atoms with Crippen LogP contribution in [0.1, 0.15) is 12.7 Å². The molecule has 6 heteroatoms. The summed E-state index contributed by atoms with van der Waals surface area (Å²) in [5.74, 6) is 2.48. The van der Waals surface area contributed by atoms with Crippen molar-refractivity contribution in [1.29, 1.82) is 0 Å². The first-order valence-corrected chi connectivity index (χ1v) is 13.6. The molecule has 0 fully saturated rings. The zero-order valence-corrected chi connectivity index (χ0v) is 21.8. The molecule has 0 aliphatic carbocycles. The Bertz CT molecular complexity index is 2170. The van der Waals surface area contributed by atoms with Crippen LogP contribution < -0.4 is 16.4 Å². The molecule has 5 nitrogen and oxygen atoms in total. The van der Waals surface area contributed by atoms with Gasteiger partial charge in [-0.25, -0.2) is 9.97 Å². The van der Waals surface area contributed by atoms with Gasteiger partial charge in [0.05, 0.1) is 22.1 Å². The fourth-order valence-corrected chi connectivity index (χ4v) is 7.10. The van der Waals surface area contributed by atoms with Crippen molar-refractivity contribution in [2.75, 3.05) is 0 Å². The van der Waals surface area contributed by atoms with Gasteiger partial charge in [0.15, 0.2) is 5.82 Å². The van der Waals surface area contributed by atoms with Crippen LogP contribution in [-0.4, -0.2) is 32.5 Å². The zero-order chi connectivity index (χ0) is 26.5. The number of aromatic nitrogens is 4. The van der Waals surface area contributed by atoms with Crippen LogP contribution in [0.15, 0.2) is 108 Å². The molecule has 40 heavy (non-hydrogen) atoms. The van der Waals surface area contributed by atoms with E-state index in [-0.39, 0.29) is 6.71 Å². The van der Waals surface area contributed by atoms with Crippen molar-refractivity contribution in [3.63, 3.8) is 0 Å². The van der Waals surface area contributed by atoms with Crippen molar-refractivity contribution < 1.29 is 0 Å². The number of rotatable bonds is 3. The summed E-state index contributed by atoms with van der Waals surface area (Å²) in [5.41, 5.74) is 9.28. The number of aliphatic imine (C=N–C) groups is 1. The number of nitrogens with zero attached hydrogens (tertiary/aromatic N) is 5. The molecule has 0 N–H and O–H groups in total. The van der Waals surface area contributed by atoms with Gasteiger partial charge in [-0.3, -0.25) is 14.1 Å². The first-order chi connectivity index (χ1) is 19.8. The lowest BCUT2D eigenvalue weighted by Gasteiger charge is -2.32. The van der Waals surface area contributed by atoms with Gasteiger partial charge in [-0.2, -0.15) is 0 Å². The molecule has 0 atom stereocenters. The monoisotopic (exact) mass is 511 g/mol. The molecule has 0 radical (unpaired) electrons. The minimum atomic E-state index is 0.0201. The second kappa shape index (κ2) is 7.67. The summed E-state index contributed by atoms with van der Waals surface area (Å²) in [6.45, 7) is 5.74. The Balaban J connectivity index is 1.56. The second-order valence-electron chi connectivity index (χ2n) is 10.5. The molecule has 0 amide bonds. The van der Waals surface area contributed by atoms with Gasteiger partial charge in [0.25, 0.3) is 6.71 Å². The van der Waals surface area contributed by atoms with Crippen LogP contribution in [0.5, 0.6) is 0 Å². The maximum absolute atomic E-state index is 5.32. The standard InChI is InChI=1S/C34H22BN5/c1-3-10-20(19-36-2)32-37-33-29-34(38-32)40-28-18-7-5-12-22(28)24-14-9-16-26(31(24)40)35(29)25-15-8-13-23-21-11-4-6-17-27(21)39(33)30(23)25/h3-19H,2H2,1H3/b10-3-,20-19+. The normalized spacial score (nSPS) is 13.7. The third-order valence-electron chi connectivity index (χ3n) is 8.53. The highest BCUT2D eigenvalue weighted by atomic mass is 15.2.